The van der Waals surface area contributed by atoms with Crippen LogP contribution in [-0.4, -0.2) is 42.4 Å². The molecule has 88 valence electrons. The summed E-state index contributed by atoms with van der Waals surface area (Å²) in [4.78, 5) is 31.0. The van der Waals surface area contributed by atoms with Gasteiger partial charge in [-0.15, -0.1) is 0 Å². The Morgan fingerprint density at radius 3 is 1.67 bits per heavy atom. The number of ether oxygens (including phenoxy) is 2. The standard InChI is InChI=1S/C8H15O6P/c1-3-13-7(9)5-15(11,12)6-8(10)14-4-2/h3-6H2,1-2H3,(H,11,12). The molecule has 1 N–H and O–H groups in total. The van der Waals surface area contributed by atoms with Crippen molar-refractivity contribution in [2.75, 3.05) is 25.5 Å². The molecule has 0 aromatic rings. The molecule has 0 spiro atoms. The first-order chi connectivity index (χ1) is 6.91. The van der Waals surface area contributed by atoms with Crippen molar-refractivity contribution < 1.29 is 28.5 Å². The second-order valence-corrected chi connectivity index (χ2v) is 5.10. The third-order valence-electron chi connectivity index (χ3n) is 1.36. The van der Waals surface area contributed by atoms with Crippen LogP contribution in [0, 0.1) is 0 Å². The highest BCUT2D eigenvalue weighted by molar-refractivity contribution is 7.59. The van der Waals surface area contributed by atoms with E-state index in [1.807, 2.05) is 0 Å². The topological polar surface area (TPSA) is 89.9 Å². The van der Waals surface area contributed by atoms with Gasteiger partial charge in [0.2, 0.25) is 7.37 Å². The second-order valence-electron chi connectivity index (χ2n) is 2.77. The highest BCUT2D eigenvalue weighted by Gasteiger charge is 2.27. The van der Waals surface area contributed by atoms with Crippen LogP contribution in [0.1, 0.15) is 13.8 Å². The Hall–Kier alpha value is -0.870. The lowest BCUT2D eigenvalue weighted by molar-refractivity contribution is -0.140. The van der Waals surface area contributed by atoms with Gasteiger partial charge in [0.1, 0.15) is 12.3 Å². The van der Waals surface area contributed by atoms with E-state index in [1.54, 1.807) is 13.8 Å². The van der Waals surface area contributed by atoms with Crippen molar-refractivity contribution in [3.63, 3.8) is 0 Å². The first-order valence-corrected chi connectivity index (χ1v) is 6.56. The Bertz CT molecular complexity index is 250. The number of esters is 2. The Balaban J connectivity index is 4.12. The Kier molecular flexibility index (Phi) is 6.20. The monoisotopic (exact) mass is 238 g/mol. The van der Waals surface area contributed by atoms with Crippen molar-refractivity contribution in [2.24, 2.45) is 0 Å². The van der Waals surface area contributed by atoms with E-state index in [9.17, 15) is 19.0 Å². The molecular weight excluding hydrogens is 223 g/mol. The van der Waals surface area contributed by atoms with Gasteiger partial charge in [-0.25, -0.2) is 0 Å². The van der Waals surface area contributed by atoms with Crippen molar-refractivity contribution in [1.29, 1.82) is 0 Å². The average Bonchev–Trinajstić information content (AvgIpc) is 2.01. The van der Waals surface area contributed by atoms with Crippen LogP contribution in [0.15, 0.2) is 0 Å². The molecule has 0 saturated carbocycles. The Morgan fingerprint density at radius 1 is 1.07 bits per heavy atom. The minimum Gasteiger partial charge on any atom is -0.466 e. The lowest BCUT2D eigenvalue weighted by Crippen LogP contribution is -2.16. The second kappa shape index (κ2) is 6.58. The molecule has 0 heterocycles. The third-order valence-corrected chi connectivity index (χ3v) is 2.87. The molecule has 15 heavy (non-hydrogen) atoms. The first kappa shape index (κ1) is 14.1. The van der Waals surface area contributed by atoms with E-state index in [2.05, 4.69) is 9.47 Å². The van der Waals surface area contributed by atoms with Crippen LogP contribution in [-0.2, 0) is 23.6 Å². The van der Waals surface area contributed by atoms with E-state index in [1.165, 1.54) is 0 Å². The fourth-order valence-electron chi connectivity index (χ4n) is 0.873. The summed E-state index contributed by atoms with van der Waals surface area (Å²) in [5.41, 5.74) is 0. The Labute approximate surface area is 88.0 Å². The number of rotatable bonds is 6. The van der Waals surface area contributed by atoms with Crippen molar-refractivity contribution in [3.05, 3.63) is 0 Å². The molecule has 0 amide bonds. The minimum atomic E-state index is -3.81. The molecule has 0 atom stereocenters. The molecule has 7 heteroatoms. The van der Waals surface area contributed by atoms with E-state index in [4.69, 9.17) is 0 Å². The van der Waals surface area contributed by atoms with E-state index in [0.29, 0.717) is 0 Å². The Morgan fingerprint density at radius 2 is 1.40 bits per heavy atom. The van der Waals surface area contributed by atoms with Crippen molar-refractivity contribution in [2.45, 2.75) is 13.8 Å². The van der Waals surface area contributed by atoms with Crippen LogP contribution in [0.25, 0.3) is 0 Å². The summed E-state index contributed by atoms with van der Waals surface area (Å²) in [5.74, 6) is -1.57. The normalized spacial score (nSPS) is 10.9. The summed E-state index contributed by atoms with van der Waals surface area (Å²) >= 11 is 0. The predicted octanol–water partition coefficient (Wildman–Crippen LogP) is 0.383. The first-order valence-electron chi connectivity index (χ1n) is 4.53. The summed E-state index contributed by atoms with van der Waals surface area (Å²) < 4.78 is 20.3. The fourth-order valence-corrected chi connectivity index (χ4v) is 1.97. The maximum Gasteiger partial charge on any atom is 0.315 e. The number of hydrogen-bond acceptors (Lipinski definition) is 5. The summed E-state index contributed by atoms with van der Waals surface area (Å²) in [5, 5.41) is 0. The zero-order valence-corrected chi connectivity index (χ0v) is 9.66. The van der Waals surface area contributed by atoms with Gasteiger partial charge in [0, 0.05) is 0 Å². The molecule has 0 saturated heterocycles. The van der Waals surface area contributed by atoms with Crippen LogP contribution >= 0.6 is 7.37 Å². The molecule has 0 aromatic carbocycles. The minimum absolute atomic E-state index is 0.137. The van der Waals surface area contributed by atoms with Gasteiger partial charge >= 0.3 is 11.9 Å². The number of hydrogen-bond donors (Lipinski definition) is 1. The van der Waals surface area contributed by atoms with Gasteiger partial charge in [-0.2, -0.15) is 0 Å². The van der Waals surface area contributed by atoms with Crippen molar-refractivity contribution >= 4 is 19.3 Å². The molecular formula is C8H15O6P. The van der Waals surface area contributed by atoms with Gasteiger partial charge in [-0.1, -0.05) is 0 Å². The SMILES string of the molecule is CCOC(=O)CP(=O)(O)CC(=O)OCC. The van der Waals surface area contributed by atoms with E-state index >= 15 is 0 Å². The molecule has 0 bridgehead atoms. The highest BCUT2D eigenvalue weighted by Crippen LogP contribution is 2.40. The molecule has 0 radical (unpaired) electrons. The van der Waals surface area contributed by atoms with Gasteiger partial charge < -0.3 is 14.4 Å². The van der Waals surface area contributed by atoms with Crippen molar-refractivity contribution in [1.82, 2.24) is 0 Å². The molecule has 0 fully saturated rings. The lowest BCUT2D eigenvalue weighted by Gasteiger charge is -2.09. The molecule has 0 unspecified atom stereocenters. The van der Waals surface area contributed by atoms with E-state index in [-0.39, 0.29) is 13.2 Å². The maximum absolute atomic E-state index is 11.3. The quantitative estimate of drug-likeness (QED) is 0.531. The van der Waals surface area contributed by atoms with Gasteiger partial charge in [-0.05, 0) is 13.8 Å². The fraction of sp³-hybridized carbons (Fsp3) is 0.750. The molecule has 0 aliphatic rings. The van der Waals surface area contributed by atoms with Crippen LogP contribution in [0.4, 0.5) is 0 Å². The van der Waals surface area contributed by atoms with Gasteiger partial charge in [0.25, 0.3) is 0 Å². The average molecular weight is 238 g/mol. The van der Waals surface area contributed by atoms with Crippen molar-refractivity contribution in [3.8, 4) is 0 Å². The summed E-state index contributed by atoms with van der Waals surface area (Å²) in [7, 11) is -3.81. The molecule has 0 aliphatic carbocycles. The molecule has 0 aromatic heterocycles. The summed E-state index contributed by atoms with van der Waals surface area (Å²) in [6, 6.07) is 0. The van der Waals surface area contributed by atoms with E-state index < -0.39 is 31.6 Å². The van der Waals surface area contributed by atoms with Crippen LogP contribution in [0.2, 0.25) is 0 Å². The van der Waals surface area contributed by atoms with E-state index in [0.717, 1.165) is 0 Å². The summed E-state index contributed by atoms with van der Waals surface area (Å²) in [6.07, 6.45) is -1.31. The van der Waals surface area contributed by atoms with Gasteiger partial charge in [-0.3, -0.25) is 14.2 Å². The number of carbonyl (C=O) groups excluding carboxylic acids is 2. The van der Waals surface area contributed by atoms with Gasteiger partial charge in [0.15, 0.2) is 0 Å². The smallest absolute Gasteiger partial charge is 0.315 e. The maximum atomic E-state index is 11.3. The van der Waals surface area contributed by atoms with Crippen LogP contribution < -0.4 is 0 Å². The highest BCUT2D eigenvalue weighted by atomic mass is 31.2. The zero-order valence-electron chi connectivity index (χ0n) is 8.76. The van der Waals surface area contributed by atoms with Crippen LogP contribution in [0.3, 0.4) is 0 Å². The summed E-state index contributed by atoms with van der Waals surface area (Å²) in [6.45, 7) is 3.45. The lowest BCUT2D eigenvalue weighted by atomic mass is 10.7. The van der Waals surface area contributed by atoms with Gasteiger partial charge in [0.05, 0.1) is 13.2 Å². The predicted molar refractivity (Wildman–Crippen MR) is 52.8 cm³/mol. The third kappa shape index (κ3) is 7.11. The molecule has 6 nitrogen and oxygen atoms in total. The zero-order chi connectivity index (χ0) is 11.9. The largest absolute Gasteiger partial charge is 0.466 e. The van der Waals surface area contributed by atoms with Crippen LogP contribution in [0.5, 0.6) is 0 Å². The molecule has 0 rings (SSSR count). The number of carbonyl (C=O) groups is 2. The molecule has 0 aliphatic heterocycles.